The predicted octanol–water partition coefficient (Wildman–Crippen LogP) is 2.53. The maximum Gasteiger partial charge on any atom is 0.410 e. The number of carbonyl (C=O) groups excluding carboxylic acids is 2. The van der Waals surface area contributed by atoms with Gasteiger partial charge in [0.2, 0.25) is 5.91 Å². The van der Waals surface area contributed by atoms with Gasteiger partial charge in [0.15, 0.2) is 0 Å². The van der Waals surface area contributed by atoms with Crippen LogP contribution in [0.4, 0.5) is 4.79 Å². The Morgan fingerprint density at radius 2 is 1.23 bits per heavy atom. The van der Waals surface area contributed by atoms with Crippen LogP contribution in [0.2, 0.25) is 0 Å². The monoisotopic (exact) mass is 612 g/mol. The number of carbonyl (C=O) groups is 2. The Hall–Kier alpha value is -2.69. The van der Waals surface area contributed by atoms with Crippen molar-refractivity contribution in [3.8, 4) is 0 Å². The minimum atomic E-state index is -1.83. The number of nitrogens with zero attached hydrogens (tertiary/aromatic N) is 1. The highest BCUT2D eigenvalue weighted by molar-refractivity contribution is 7.95. The first kappa shape index (κ1) is 32.5. The highest BCUT2D eigenvalue weighted by atomic mass is 79.9. The maximum atomic E-state index is 12.4. The molecule has 0 spiro atoms. The van der Waals surface area contributed by atoms with Gasteiger partial charge in [-0.1, -0.05) is 54.6 Å². The molecule has 0 aromatic heterocycles. The molecule has 0 unspecified atom stereocenters. The fourth-order valence-corrected chi connectivity index (χ4v) is 8.99. The Kier molecular flexibility index (Phi) is 13.2. The molecule has 5 nitrogen and oxygen atoms in total. The predicted molar refractivity (Wildman–Crippen MR) is 160 cm³/mol. The Morgan fingerprint density at radius 1 is 0.769 bits per heavy atom. The second kappa shape index (κ2) is 15.8. The van der Waals surface area contributed by atoms with Crippen LogP contribution in [0.5, 0.6) is 0 Å². The van der Waals surface area contributed by atoms with Crippen molar-refractivity contribution in [2.75, 3.05) is 26.3 Å². The Bertz CT molecular complexity index is 1040. The van der Waals surface area contributed by atoms with Crippen molar-refractivity contribution >= 4 is 35.2 Å². The number of benzene rings is 3. The molecule has 0 bridgehead atoms. The summed E-state index contributed by atoms with van der Waals surface area (Å²) in [6.45, 7) is 6.67. The zero-order valence-corrected chi connectivity index (χ0v) is 26.1. The van der Waals surface area contributed by atoms with E-state index in [1.54, 1.807) is 7.05 Å². The maximum absolute atomic E-state index is 12.4. The van der Waals surface area contributed by atoms with Crippen molar-refractivity contribution in [2.45, 2.75) is 52.1 Å². The minimum Gasteiger partial charge on any atom is -1.00 e. The van der Waals surface area contributed by atoms with Gasteiger partial charge in [0, 0.05) is 26.6 Å². The van der Waals surface area contributed by atoms with E-state index >= 15 is 0 Å². The van der Waals surface area contributed by atoms with Gasteiger partial charge in [-0.3, -0.25) is 4.79 Å². The highest BCUT2D eigenvalue weighted by Crippen LogP contribution is 2.55. The molecular weight excluding hydrogens is 571 g/mol. The van der Waals surface area contributed by atoms with Crippen LogP contribution in [0.3, 0.4) is 0 Å². The van der Waals surface area contributed by atoms with Crippen molar-refractivity contribution in [3.63, 3.8) is 0 Å². The summed E-state index contributed by atoms with van der Waals surface area (Å²) in [5, 5.41) is 7.22. The summed E-state index contributed by atoms with van der Waals surface area (Å²) in [4.78, 5) is 26.0. The molecule has 210 valence electrons. The third kappa shape index (κ3) is 9.77. The van der Waals surface area contributed by atoms with Crippen LogP contribution >= 0.6 is 7.26 Å². The van der Waals surface area contributed by atoms with Gasteiger partial charge < -0.3 is 31.9 Å². The van der Waals surface area contributed by atoms with Gasteiger partial charge in [-0.05, 0) is 76.4 Å². The van der Waals surface area contributed by atoms with E-state index in [4.69, 9.17) is 4.74 Å². The van der Waals surface area contributed by atoms with E-state index in [0.717, 1.165) is 19.0 Å². The SMILES string of the molecule is CN(CCCC(=O)NCCCC[P+](c1ccccc1)(c1ccccc1)c1ccccc1)C(=O)OC(C)(C)C.[Br-]. The van der Waals surface area contributed by atoms with Crippen LogP contribution < -0.4 is 38.2 Å². The summed E-state index contributed by atoms with van der Waals surface area (Å²) in [5.74, 6) is 0.0258. The molecular formula is C32H42BrN2O3P. The molecule has 0 aliphatic carbocycles. The Balaban J connectivity index is 0.00000533. The van der Waals surface area contributed by atoms with Gasteiger partial charge in [0.25, 0.3) is 0 Å². The lowest BCUT2D eigenvalue weighted by molar-refractivity contribution is -0.121. The van der Waals surface area contributed by atoms with E-state index in [1.165, 1.54) is 20.8 Å². The molecule has 3 aromatic carbocycles. The molecule has 1 N–H and O–H groups in total. The molecule has 2 amide bonds. The number of hydrogen-bond acceptors (Lipinski definition) is 3. The topological polar surface area (TPSA) is 58.6 Å². The van der Waals surface area contributed by atoms with Crippen LogP contribution in [0.15, 0.2) is 91.0 Å². The van der Waals surface area contributed by atoms with Gasteiger partial charge in [0.1, 0.15) is 28.8 Å². The number of halogens is 1. The molecule has 0 radical (unpaired) electrons. The average Bonchev–Trinajstić information content (AvgIpc) is 2.91. The van der Waals surface area contributed by atoms with Crippen molar-refractivity contribution in [3.05, 3.63) is 91.0 Å². The number of hydrogen-bond donors (Lipinski definition) is 1. The molecule has 0 saturated heterocycles. The van der Waals surface area contributed by atoms with E-state index in [1.807, 2.05) is 20.8 Å². The fraction of sp³-hybridized carbons (Fsp3) is 0.375. The molecule has 3 aromatic rings. The van der Waals surface area contributed by atoms with Gasteiger partial charge in [-0.15, -0.1) is 0 Å². The van der Waals surface area contributed by atoms with Gasteiger partial charge >= 0.3 is 6.09 Å². The summed E-state index contributed by atoms with van der Waals surface area (Å²) >= 11 is 0. The molecule has 0 aliphatic rings. The molecule has 0 atom stereocenters. The number of unbranched alkanes of at least 4 members (excludes halogenated alkanes) is 1. The lowest BCUT2D eigenvalue weighted by atomic mass is 10.2. The molecule has 39 heavy (non-hydrogen) atoms. The van der Waals surface area contributed by atoms with Crippen LogP contribution in [0.25, 0.3) is 0 Å². The van der Waals surface area contributed by atoms with Crippen LogP contribution in [0, 0.1) is 0 Å². The van der Waals surface area contributed by atoms with Crippen LogP contribution in [-0.4, -0.2) is 48.8 Å². The second-order valence-corrected chi connectivity index (χ2v) is 14.2. The number of rotatable bonds is 12. The average molecular weight is 614 g/mol. The van der Waals surface area contributed by atoms with E-state index in [2.05, 4.69) is 96.3 Å². The summed E-state index contributed by atoms with van der Waals surface area (Å²) < 4.78 is 5.36. The zero-order valence-electron chi connectivity index (χ0n) is 23.6. The smallest absolute Gasteiger partial charge is 0.410 e. The zero-order chi connectivity index (χ0) is 27.4. The molecule has 0 heterocycles. The van der Waals surface area contributed by atoms with Crippen molar-refractivity contribution < 1.29 is 31.3 Å². The van der Waals surface area contributed by atoms with Crippen molar-refractivity contribution in [1.82, 2.24) is 10.2 Å². The number of ether oxygens (including phenoxy) is 1. The van der Waals surface area contributed by atoms with Crippen LogP contribution in [0.1, 0.15) is 46.5 Å². The molecule has 0 fully saturated rings. The standard InChI is InChI=1S/C32H41N2O3P.BrH/c1-32(2,3)37-31(36)34(4)25-16-23-30(35)33-24-14-15-26-38(27-17-8-5-9-18-27,28-19-10-6-11-20-28)29-21-12-7-13-22-29;/h5-13,17-22H,14-16,23-26H2,1-4H3;1H. The minimum absolute atomic E-state index is 0. The first-order valence-electron chi connectivity index (χ1n) is 13.5. The van der Waals surface area contributed by atoms with Gasteiger partial charge in [0.05, 0.1) is 6.16 Å². The second-order valence-electron chi connectivity index (χ2n) is 10.6. The van der Waals surface area contributed by atoms with E-state index in [0.29, 0.717) is 25.9 Å². The third-order valence-corrected chi connectivity index (χ3v) is 11.0. The first-order chi connectivity index (χ1) is 18.2. The largest absolute Gasteiger partial charge is 1.00 e. The Labute approximate surface area is 245 Å². The highest BCUT2D eigenvalue weighted by Gasteiger charge is 2.44. The van der Waals surface area contributed by atoms with E-state index in [-0.39, 0.29) is 29.0 Å². The van der Waals surface area contributed by atoms with E-state index < -0.39 is 12.9 Å². The molecule has 3 rings (SSSR count). The van der Waals surface area contributed by atoms with Crippen molar-refractivity contribution in [1.29, 1.82) is 0 Å². The molecule has 0 saturated carbocycles. The third-order valence-electron chi connectivity index (χ3n) is 6.44. The fourth-order valence-electron chi connectivity index (χ4n) is 4.58. The normalized spacial score (nSPS) is 11.3. The number of amides is 2. The van der Waals surface area contributed by atoms with Crippen LogP contribution in [-0.2, 0) is 9.53 Å². The van der Waals surface area contributed by atoms with Crippen molar-refractivity contribution in [2.24, 2.45) is 0 Å². The van der Waals surface area contributed by atoms with Gasteiger partial charge in [-0.2, -0.15) is 0 Å². The van der Waals surface area contributed by atoms with E-state index in [9.17, 15) is 9.59 Å². The number of nitrogens with one attached hydrogen (secondary N) is 1. The first-order valence-corrected chi connectivity index (χ1v) is 15.5. The summed E-state index contributed by atoms with van der Waals surface area (Å²) in [6.07, 6.45) is 3.60. The molecule has 0 aliphatic heterocycles. The summed E-state index contributed by atoms with van der Waals surface area (Å²) in [6, 6.07) is 32.7. The lowest BCUT2D eigenvalue weighted by Crippen LogP contribution is -3.00. The molecule has 7 heteroatoms. The Morgan fingerprint density at radius 3 is 1.67 bits per heavy atom. The summed E-state index contributed by atoms with van der Waals surface area (Å²) in [5.41, 5.74) is -0.524. The quantitative estimate of drug-likeness (QED) is 0.253. The van der Waals surface area contributed by atoms with Gasteiger partial charge in [-0.25, -0.2) is 4.79 Å². The summed E-state index contributed by atoms with van der Waals surface area (Å²) in [7, 11) is -0.131. The lowest BCUT2D eigenvalue weighted by Gasteiger charge is -2.27.